The number of hydrogen-bond donors (Lipinski definition) is 0. The highest BCUT2D eigenvalue weighted by atomic mass is 127. The van der Waals surface area contributed by atoms with Crippen molar-refractivity contribution in [3.05, 3.63) is 0 Å². The summed E-state index contributed by atoms with van der Waals surface area (Å²) in [6.45, 7) is 4.90. The molecule has 0 radical (unpaired) electrons. The molecule has 0 aliphatic carbocycles. The Bertz CT molecular complexity index is 203. The summed E-state index contributed by atoms with van der Waals surface area (Å²) >= 11 is 2.13. The zero-order chi connectivity index (χ0) is 8.48. The standard InChI is InChI=1S/C6H10INO2S/c1-6(2,7)11(9)8-5-3-10-4-5/h3-4H2,1-2H3. The van der Waals surface area contributed by atoms with E-state index in [0.717, 1.165) is 5.71 Å². The highest BCUT2D eigenvalue weighted by Gasteiger charge is 2.23. The maximum absolute atomic E-state index is 11.3. The van der Waals surface area contributed by atoms with E-state index in [9.17, 15) is 4.21 Å². The summed E-state index contributed by atoms with van der Waals surface area (Å²) < 4.78 is 19.9. The molecule has 11 heavy (non-hydrogen) atoms. The average Bonchev–Trinajstić information content (AvgIpc) is 1.75. The van der Waals surface area contributed by atoms with Crippen molar-refractivity contribution in [3.63, 3.8) is 0 Å². The normalized spacial score (nSPS) is 20.8. The molecule has 0 bridgehead atoms. The minimum Gasteiger partial charge on any atom is -0.369 e. The number of halogens is 1. The van der Waals surface area contributed by atoms with E-state index in [1.807, 2.05) is 13.8 Å². The smallest absolute Gasteiger partial charge is 0.155 e. The fraction of sp³-hybridized carbons (Fsp3) is 0.833. The van der Waals surface area contributed by atoms with E-state index in [1.165, 1.54) is 0 Å². The van der Waals surface area contributed by atoms with Gasteiger partial charge in [-0.05, 0) is 13.8 Å². The van der Waals surface area contributed by atoms with Crippen LogP contribution in [0.1, 0.15) is 13.8 Å². The Morgan fingerprint density at radius 3 is 2.45 bits per heavy atom. The van der Waals surface area contributed by atoms with Crippen molar-refractivity contribution in [1.29, 1.82) is 0 Å². The van der Waals surface area contributed by atoms with E-state index in [1.54, 1.807) is 0 Å². The van der Waals surface area contributed by atoms with Gasteiger partial charge in [-0.2, -0.15) is 4.40 Å². The van der Waals surface area contributed by atoms with Crippen molar-refractivity contribution in [1.82, 2.24) is 0 Å². The quantitative estimate of drug-likeness (QED) is 0.567. The van der Waals surface area contributed by atoms with Crippen molar-refractivity contribution >= 4 is 39.3 Å². The minimum atomic E-state index is -1.12. The molecule has 1 rings (SSSR count). The molecular weight excluding hydrogens is 277 g/mol. The third-order valence-corrected chi connectivity index (χ3v) is 3.55. The molecule has 0 amide bonds. The van der Waals surface area contributed by atoms with Crippen LogP contribution in [0.3, 0.4) is 0 Å². The van der Waals surface area contributed by atoms with Crippen LogP contribution in [0.25, 0.3) is 0 Å². The van der Waals surface area contributed by atoms with Crippen LogP contribution in [0, 0.1) is 0 Å². The van der Waals surface area contributed by atoms with Crippen molar-refractivity contribution < 1.29 is 8.95 Å². The first-order chi connectivity index (χ1) is 5.00. The molecule has 1 atom stereocenters. The molecule has 0 aromatic carbocycles. The third kappa shape index (κ3) is 2.79. The number of hydrogen-bond acceptors (Lipinski definition) is 2. The molecule has 0 spiro atoms. The molecule has 1 aliphatic heterocycles. The average molecular weight is 287 g/mol. The van der Waals surface area contributed by atoms with Gasteiger partial charge in [0, 0.05) is 0 Å². The Morgan fingerprint density at radius 1 is 1.64 bits per heavy atom. The lowest BCUT2D eigenvalue weighted by atomic mass is 10.3. The van der Waals surface area contributed by atoms with Gasteiger partial charge >= 0.3 is 0 Å². The summed E-state index contributed by atoms with van der Waals surface area (Å²) in [6, 6.07) is 0. The summed E-state index contributed by atoms with van der Waals surface area (Å²) in [5.41, 5.74) is 0.910. The molecule has 1 aliphatic rings. The summed E-state index contributed by atoms with van der Waals surface area (Å²) in [4.78, 5) is 0. The van der Waals surface area contributed by atoms with Gasteiger partial charge in [-0.3, -0.25) is 0 Å². The van der Waals surface area contributed by atoms with Crippen LogP contribution in [-0.2, 0) is 15.7 Å². The Balaban J connectivity index is 2.55. The largest absolute Gasteiger partial charge is 0.369 e. The van der Waals surface area contributed by atoms with Crippen LogP contribution in [0.15, 0.2) is 4.40 Å². The van der Waals surface area contributed by atoms with E-state index in [2.05, 4.69) is 27.0 Å². The maximum atomic E-state index is 11.3. The van der Waals surface area contributed by atoms with Gasteiger partial charge in [0.15, 0.2) is 11.0 Å². The van der Waals surface area contributed by atoms with Crippen LogP contribution in [0.2, 0.25) is 0 Å². The second kappa shape index (κ2) is 3.49. The molecule has 1 fully saturated rings. The van der Waals surface area contributed by atoms with Gasteiger partial charge in [0.25, 0.3) is 0 Å². The van der Waals surface area contributed by atoms with Gasteiger partial charge < -0.3 is 4.74 Å². The SMILES string of the molecule is CC(C)(I)S(=O)N=C1COC1. The summed E-state index contributed by atoms with van der Waals surface area (Å²) in [7, 11) is -1.12. The highest BCUT2D eigenvalue weighted by molar-refractivity contribution is 14.1. The molecule has 0 N–H and O–H groups in total. The molecule has 3 nitrogen and oxygen atoms in total. The van der Waals surface area contributed by atoms with E-state index in [-0.39, 0.29) is 2.75 Å². The van der Waals surface area contributed by atoms with Gasteiger partial charge in [-0.15, -0.1) is 0 Å². The van der Waals surface area contributed by atoms with Gasteiger partial charge in [-0.1, -0.05) is 22.6 Å². The van der Waals surface area contributed by atoms with E-state index in [0.29, 0.717) is 13.2 Å². The van der Waals surface area contributed by atoms with E-state index in [4.69, 9.17) is 4.74 Å². The minimum absolute atomic E-state index is 0.277. The zero-order valence-corrected chi connectivity index (χ0v) is 9.44. The topological polar surface area (TPSA) is 38.7 Å². The van der Waals surface area contributed by atoms with Crippen LogP contribution in [-0.4, -0.2) is 25.9 Å². The Labute approximate surface area is 82.3 Å². The van der Waals surface area contributed by atoms with Gasteiger partial charge in [0.1, 0.15) is 2.75 Å². The van der Waals surface area contributed by atoms with Gasteiger partial charge in [-0.25, -0.2) is 4.21 Å². The lowest BCUT2D eigenvalue weighted by Gasteiger charge is -2.18. The van der Waals surface area contributed by atoms with Gasteiger partial charge in [0.2, 0.25) is 0 Å². The molecule has 64 valence electrons. The molecule has 0 saturated carbocycles. The second-order valence-electron chi connectivity index (χ2n) is 2.76. The number of alkyl halides is 1. The molecule has 5 heteroatoms. The summed E-state index contributed by atoms with van der Waals surface area (Å²) in [5, 5.41) is 0. The fourth-order valence-corrected chi connectivity index (χ4v) is 1.32. The molecule has 1 unspecified atom stereocenters. The number of ether oxygens (including phenoxy) is 1. The molecular formula is C6H10INO2S. The number of nitrogens with zero attached hydrogens (tertiary/aromatic N) is 1. The van der Waals surface area contributed by atoms with Crippen LogP contribution in [0.4, 0.5) is 0 Å². The fourth-order valence-electron chi connectivity index (χ4n) is 0.472. The second-order valence-corrected chi connectivity index (χ2v) is 7.89. The Kier molecular flexibility index (Phi) is 3.04. The van der Waals surface area contributed by atoms with Crippen molar-refractivity contribution in [2.75, 3.05) is 13.2 Å². The first-order valence-electron chi connectivity index (χ1n) is 3.25. The first-order valence-corrected chi connectivity index (χ1v) is 5.44. The lowest BCUT2D eigenvalue weighted by Crippen LogP contribution is -2.29. The van der Waals surface area contributed by atoms with E-state index < -0.39 is 11.0 Å². The van der Waals surface area contributed by atoms with Gasteiger partial charge in [0.05, 0.1) is 18.9 Å². The first kappa shape index (κ1) is 9.60. The number of rotatable bonds is 2. The monoisotopic (exact) mass is 287 g/mol. The Morgan fingerprint density at radius 2 is 2.18 bits per heavy atom. The van der Waals surface area contributed by atoms with Crippen molar-refractivity contribution in [2.24, 2.45) is 4.40 Å². The zero-order valence-electron chi connectivity index (χ0n) is 6.46. The third-order valence-electron chi connectivity index (χ3n) is 1.16. The van der Waals surface area contributed by atoms with Crippen LogP contribution >= 0.6 is 22.6 Å². The van der Waals surface area contributed by atoms with Crippen molar-refractivity contribution in [3.8, 4) is 0 Å². The summed E-state index contributed by atoms with van der Waals surface area (Å²) in [5.74, 6) is 0. The van der Waals surface area contributed by atoms with Crippen LogP contribution in [0.5, 0.6) is 0 Å². The molecule has 1 heterocycles. The van der Waals surface area contributed by atoms with Crippen molar-refractivity contribution in [2.45, 2.75) is 16.6 Å². The molecule has 0 aromatic heterocycles. The maximum Gasteiger partial charge on any atom is 0.155 e. The van der Waals surface area contributed by atoms with E-state index >= 15 is 0 Å². The Hall–Kier alpha value is 0.510. The van der Waals surface area contributed by atoms with Crippen LogP contribution < -0.4 is 0 Å². The predicted octanol–water partition coefficient (Wildman–Crippen LogP) is 1.29. The molecule has 0 aromatic rings. The summed E-state index contributed by atoms with van der Waals surface area (Å²) in [6.07, 6.45) is 0. The highest BCUT2D eigenvalue weighted by Crippen LogP contribution is 2.22. The predicted molar refractivity (Wildman–Crippen MR) is 54.5 cm³/mol. The lowest BCUT2D eigenvalue weighted by molar-refractivity contribution is 0.160. The molecule has 1 saturated heterocycles.